The van der Waals surface area contributed by atoms with E-state index in [1.807, 2.05) is 61.5 Å². The van der Waals surface area contributed by atoms with Gasteiger partial charge in [0.1, 0.15) is 24.8 Å². The highest BCUT2D eigenvalue weighted by molar-refractivity contribution is 8.02. The number of benzene rings is 2. The molecular weight excluding hydrogens is 566 g/mol. The number of aliphatic hydroxyl groups is 1. The van der Waals surface area contributed by atoms with E-state index in [0.29, 0.717) is 23.9 Å². The molecule has 2 aromatic carbocycles. The van der Waals surface area contributed by atoms with E-state index in [4.69, 9.17) is 4.74 Å². The number of thioether (sulfide) groups is 1. The fourth-order valence-corrected chi connectivity index (χ4v) is 9.65. The summed E-state index contributed by atoms with van der Waals surface area (Å²) in [6.07, 6.45) is 4.37. The number of fused-ring (bicyclic) bond motifs is 2. The van der Waals surface area contributed by atoms with Crippen molar-refractivity contribution in [3.05, 3.63) is 85.5 Å². The van der Waals surface area contributed by atoms with Crippen LogP contribution in [0.5, 0.6) is 0 Å². The first kappa shape index (κ1) is 29.1. The fourth-order valence-electron chi connectivity index (χ4n) is 7.33. The van der Waals surface area contributed by atoms with Crippen molar-refractivity contribution in [2.45, 2.75) is 48.0 Å². The van der Waals surface area contributed by atoms with Gasteiger partial charge in [-0.3, -0.25) is 14.4 Å². The van der Waals surface area contributed by atoms with Gasteiger partial charge in [0.15, 0.2) is 0 Å². The van der Waals surface area contributed by atoms with Crippen molar-refractivity contribution in [3.63, 3.8) is 0 Å². The van der Waals surface area contributed by atoms with E-state index in [2.05, 4.69) is 23.5 Å². The lowest BCUT2D eigenvalue weighted by molar-refractivity contribution is -0.155. The summed E-state index contributed by atoms with van der Waals surface area (Å²) in [5.41, 5.74) is 2.18. The number of esters is 1. The Morgan fingerprint density at radius 3 is 2.63 bits per heavy atom. The first-order chi connectivity index (χ1) is 20.8. The summed E-state index contributed by atoms with van der Waals surface area (Å²) in [7, 11) is 0. The molecule has 3 fully saturated rings. The van der Waals surface area contributed by atoms with E-state index in [1.54, 1.807) is 32.3 Å². The largest absolute Gasteiger partial charge is 0.461 e. The number of rotatable bonds is 11. The maximum absolute atomic E-state index is 14.9. The summed E-state index contributed by atoms with van der Waals surface area (Å²) in [5, 5.41) is 19.3. The van der Waals surface area contributed by atoms with Gasteiger partial charge in [0.05, 0.1) is 34.7 Å². The van der Waals surface area contributed by atoms with Gasteiger partial charge in [-0.2, -0.15) is 0 Å². The normalized spacial score (nSPS) is 28.1. The van der Waals surface area contributed by atoms with Crippen molar-refractivity contribution in [1.29, 1.82) is 0 Å². The van der Waals surface area contributed by atoms with E-state index in [9.17, 15) is 19.5 Å². The van der Waals surface area contributed by atoms with Crippen LogP contribution in [0.3, 0.4) is 0 Å². The van der Waals surface area contributed by atoms with Gasteiger partial charge >= 0.3 is 5.97 Å². The van der Waals surface area contributed by atoms with Crippen molar-refractivity contribution < 1.29 is 24.2 Å². The number of hydrogen-bond donors (Lipinski definition) is 1. The monoisotopic (exact) mass is 601 g/mol. The molecule has 1 aromatic heterocycles. The molecule has 6 atom stereocenters. The van der Waals surface area contributed by atoms with Gasteiger partial charge in [-0.25, -0.2) is 4.68 Å². The smallest absolute Gasteiger partial charge is 0.311 e. The second-order valence-electron chi connectivity index (χ2n) is 11.6. The number of hydrogen-bond acceptors (Lipinski definition) is 8. The average Bonchev–Trinajstić information content (AvgIpc) is 3.72. The first-order valence-corrected chi connectivity index (χ1v) is 15.2. The molecule has 43 heavy (non-hydrogen) atoms. The second-order valence-corrected chi connectivity index (χ2v) is 13.5. The zero-order valence-corrected chi connectivity index (χ0v) is 24.9. The molecule has 2 amide bonds. The van der Waals surface area contributed by atoms with Crippen LogP contribution < -0.4 is 0 Å². The molecule has 1 N–H and O–H groups in total. The molecule has 3 aromatic rings. The van der Waals surface area contributed by atoms with Crippen molar-refractivity contribution in [2.24, 2.45) is 11.8 Å². The molecule has 3 aliphatic rings. The number of carbonyl (C=O) groups excluding carboxylic acids is 3. The maximum Gasteiger partial charge on any atom is 0.311 e. The molecule has 2 bridgehead atoms. The molecule has 0 radical (unpaired) electrons. The van der Waals surface area contributed by atoms with Gasteiger partial charge in [-0.05, 0) is 37.5 Å². The van der Waals surface area contributed by atoms with Crippen LogP contribution in [0.15, 0.2) is 79.9 Å². The lowest BCUT2D eigenvalue weighted by atomic mass is 9.66. The SMILES string of the molecule is C=CCOC(=O)[C@@H]1[C@H]2C(=O)N([C@H](CO)c3ccccc3)C(C(=O)N(CC=C)Cn3nnc4ccccc43)C23CC[C@@]1(C)S3. The minimum Gasteiger partial charge on any atom is -0.461 e. The number of amides is 2. The average molecular weight is 602 g/mol. The number of nitrogens with zero attached hydrogens (tertiary/aromatic N) is 5. The van der Waals surface area contributed by atoms with Crippen molar-refractivity contribution in [1.82, 2.24) is 24.8 Å². The topological polar surface area (TPSA) is 118 Å². The summed E-state index contributed by atoms with van der Waals surface area (Å²) in [5.74, 6) is -2.58. The summed E-state index contributed by atoms with van der Waals surface area (Å²) in [6.45, 7) is 9.48. The standard InChI is InChI=1S/C32H35N5O5S/c1-4-17-35(20-36-23-14-10-9-13-22(23)33-34-36)29(40)27-32-16-15-31(3,43-32)26(30(41)42-18-5-2)25(32)28(39)37(27)24(19-38)21-11-7-6-8-12-21/h4-14,24-27,38H,1-2,15-20H2,3H3/t24-,25+,26+,27?,31-,32?/m1/s1. The van der Waals surface area contributed by atoms with Gasteiger partial charge in [0, 0.05) is 11.3 Å². The Hall–Kier alpha value is -3.96. The molecule has 1 spiro atoms. The Morgan fingerprint density at radius 1 is 1.16 bits per heavy atom. The Balaban J connectivity index is 1.45. The van der Waals surface area contributed by atoms with Crippen molar-refractivity contribution in [2.75, 3.05) is 19.8 Å². The minimum absolute atomic E-state index is 0.0400. The highest BCUT2D eigenvalue weighted by atomic mass is 32.2. The number of likely N-dealkylation sites (tertiary alicyclic amines) is 1. The Kier molecular flexibility index (Phi) is 7.64. The van der Waals surface area contributed by atoms with Crippen LogP contribution in [-0.4, -0.2) is 83.0 Å². The van der Waals surface area contributed by atoms with E-state index < -0.39 is 39.4 Å². The van der Waals surface area contributed by atoms with Gasteiger partial charge in [-0.1, -0.05) is 66.4 Å². The highest BCUT2D eigenvalue weighted by Gasteiger charge is 2.78. The predicted octanol–water partition coefficient (Wildman–Crippen LogP) is 3.35. The molecular formula is C32H35N5O5S. The number of para-hydroxylation sites is 1. The zero-order valence-electron chi connectivity index (χ0n) is 24.0. The molecule has 4 heterocycles. The summed E-state index contributed by atoms with van der Waals surface area (Å²) >= 11 is 1.56. The minimum atomic E-state index is -0.943. The van der Waals surface area contributed by atoms with Crippen LogP contribution in [0, 0.1) is 11.8 Å². The molecule has 6 rings (SSSR count). The second kappa shape index (κ2) is 11.3. The van der Waals surface area contributed by atoms with Crippen LogP contribution in [-0.2, 0) is 25.8 Å². The van der Waals surface area contributed by atoms with Crippen LogP contribution in [0.1, 0.15) is 31.4 Å². The van der Waals surface area contributed by atoms with Crippen LogP contribution >= 0.6 is 11.8 Å². The maximum atomic E-state index is 14.9. The molecule has 2 unspecified atom stereocenters. The zero-order chi connectivity index (χ0) is 30.4. The number of ether oxygens (including phenoxy) is 1. The van der Waals surface area contributed by atoms with Crippen molar-refractivity contribution in [3.8, 4) is 0 Å². The summed E-state index contributed by atoms with van der Waals surface area (Å²) < 4.78 is 5.73. The lowest BCUT2D eigenvalue weighted by Crippen LogP contribution is -2.55. The van der Waals surface area contributed by atoms with Crippen LogP contribution in [0.25, 0.3) is 11.0 Å². The Labute approximate surface area is 254 Å². The number of aliphatic hydroxyl groups excluding tert-OH is 1. The highest BCUT2D eigenvalue weighted by Crippen LogP contribution is 2.72. The van der Waals surface area contributed by atoms with Gasteiger partial charge in [0.25, 0.3) is 0 Å². The molecule has 0 saturated carbocycles. The summed E-state index contributed by atoms with van der Waals surface area (Å²) in [6, 6.07) is 15.0. The van der Waals surface area contributed by atoms with E-state index in [0.717, 1.165) is 5.52 Å². The van der Waals surface area contributed by atoms with Crippen LogP contribution in [0.2, 0.25) is 0 Å². The third kappa shape index (κ3) is 4.56. The molecule has 10 nitrogen and oxygen atoms in total. The van der Waals surface area contributed by atoms with Gasteiger partial charge < -0.3 is 19.6 Å². The molecule has 11 heteroatoms. The van der Waals surface area contributed by atoms with Gasteiger partial charge in [0.2, 0.25) is 11.8 Å². The molecule has 3 saturated heterocycles. The Bertz CT molecular complexity index is 1580. The number of aromatic nitrogens is 3. The molecule has 3 aliphatic heterocycles. The number of carbonyl (C=O) groups is 3. The Morgan fingerprint density at radius 2 is 1.91 bits per heavy atom. The fraction of sp³-hybridized carbons (Fsp3) is 0.406. The third-order valence-electron chi connectivity index (χ3n) is 9.12. The lowest BCUT2D eigenvalue weighted by Gasteiger charge is -2.39. The third-order valence-corrected chi connectivity index (χ3v) is 11.1. The predicted molar refractivity (Wildman–Crippen MR) is 162 cm³/mol. The summed E-state index contributed by atoms with van der Waals surface area (Å²) in [4.78, 5) is 46.2. The quantitative estimate of drug-likeness (QED) is 0.263. The van der Waals surface area contributed by atoms with Gasteiger partial charge in [-0.15, -0.1) is 23.4 Å². The molecule has 224 valence electrons. The van der Waals surface area contributed by atoms with E-state index in [1.165, 1.54) is 6.08 Å². The molecule has 0 aliphatic carbocycles. The van der Waals surface area contributed by atoms with Crippen molar-refractivity contribution >= 4 is 40.6 Å². The van der Waals surface area contributed by atoms with E-state index >= 15 is 0 Å². The first-order valence-electron chi connectivity index (χ1n) is 14.4. The van der Waals surface area contributed by atoms with E-state index in [-0.39, 0.29) is 38.2 Å². The van der Waals surface area contributed by atoms with Crippen LogP contribution in [0.4, 0.5) is 0 Å².